The molecule has 0 unspecified atom stereocenters. The molecule has 7 nitrogen and oxygen atoms in total. The molecule has 98 valence electrons. The molecular formula is C10H21N5O2. The number of methoxy groups -OCH3 is 1. The van der Waals surface area contributed by atoms with Crippen LogP contribution in [-0.2, 0) is 9.53 Å². The minimum Gasteiger partial charge on any atom is -0.383 e. The highest BCUT2D eigenvalue weighted by Gasteiger charge is 2.20. The average molecular weight is 243 g/mol. The molecule has 1 amide bonds. The normalized spacial score (nSPS) is 18.3. The van der Waals surface area contributed by atoms with Crippen LogP contribution in [0.4, 0.5) is 0 Å². The van der Waals surface area contributed by atoms with Gasteiger partial charge in [0.1, 0.15) is 0 Å². The third-order valence-corrected chi connectivity index (χ3v) is 2.66. The maximum Gasteiger partial charge on any atom is 0.241 e. The summed E-state index contributed by atoms with van der Waals surface area (Å²) in [5.74, 6) is 6.06. The van der Waals surface area contributed by atoms with E-state index in [0.717, 1.165) is 19.5 Å². The van der Waals surface area contributed by atoms with Crippen molar-refractivity contribution in [2.24, 2.45) is 10.8 Å². The minimum atomic E-state index is 0.0807. The molecule has 0 aliphatic carbocycles. The zero-order valence-corrected chi connectivity index (χ0v) is 10.5. The maximum absolute atomic E-state index is 11.7. The van der Waals surface area contributed by atoms with Crippen LogP contribution in [0.5, 0.6) is 0 Å². The van der Waals surface area contributed by atoms with Crippen molar-refractivity contribution >= 4 is 11.9 Å². The van der Waals surface area contributed by atoms with Crippen molar-refractivity contribution in [3.63, 3.8) is 0 Å². The lowest BCUT2D eigenvalue weighted by Crippen LogP contribution is -2.47. The van der Waals surface area contributed by atoms with E-state index in [1.165, 1.54) is 0 Å². The number of amides is 1. The zero-order chi connectivity index (χ0) is 12.7. The van der Waals surface area contributed by atoms with E-state index in [4.69, 9.17) is 10.6 Å². The highest BCUT2D eigenvalue weighted by Crippen LogP contribution is 2.02. The molecule has 0 radical (unpaired) electrons. The van der Waals surface area contributed by atoms with Crippen molar-refractivity contribution in [3.05, 3.63) is 0 Å². The Morgan fingerprint density at radius 3 is 3.00 bits per heavy atom. The molecular weight excluding hydrogens is 222 g/mol. The van der Waals surface area contributed by atoms with Gasteiger partial charge >= 0.3 is 0 Å². The number of hydrazine groups is 1. The average Bonchev–Trinajstić information content (AvgIpc) is 2.48. The molecule has 0 spiro atoms. The van der Waals surface area contributed by atoms with Gasteiger partial charge in [0.15, 0.2) is 0 Å². The minimum absolute atomic E-state index is 0.0807. The molecule has 1 fully saturated rings. The first-order valence-electron chi connectivity index (χ1n) is 5.68. The number of hydrogen-bond acceptors (Lipinski definition) is 4. The third-order valence-electron chi connectivity index (χ3n) is 2.66. The van der Waals surface area contributed by atoms with Gasteiger partial charge in [0.2, 0.25) is 11.9 Å². The SMILES string of the molecule is COCCN=C(NN)N1CCCN(C)C(=O)C1. The van der Waals surface area contributed by atoms with Gasteiger partial charge in [-0.25, -0.2) is 10.8 Å². The molecule has 1 aliphatic heterocycles. The van der Waals surface area contributed by atoms with Crippen LogP contribution in [0.1, 0.15) is 6.42 Å². The van der Waals surface area contributed by atoms with Crippen molar-refractivity contribution in [2.75, 3.05) is 46.9 Å². The van der Waals surface area contributed by atoms with E-state index in [2.05, 4.69) is 10.4 Å². The summed E-state index contributed by atoms with van der Waals surface area (Å²) < 4.78 is 4.92. The van der Waals surface area contributed by atoms with Gasteiger partial charge in [-0.15, -0.1) is 0 Å². The van der Waals surface area contributed by atoms with E-state index in [9.17, 15) is 4.79 Å². The molecule has 0 aromatic heterocycles. The number of hydrogen-bond donors (Lipinski definition) is 2. The van der Waals surface area contributed by atoms with Gasteiger partial charge in [-0.05, 0) is 6.42 Å². The molecule has 0 saturated carbocycles. The lowest BCUT2D eigenvalue weighted by atomic mass is 10.4. The number of carbonyl (C=O) groups is 1. The lowest BCUT2D eigenvalue weighted by molar-refractivity contribution is -0.129. The van der Waals surface area contributed by atoms with E-state index in [1.54, 1.807) is 12.0 Å². The summed E-state index contributed by atoms with van der Waals surface area (Å²) in [7, 11) is 3.43. The van der Waals surface area contributed by atoms with Gasteiger partial charge in [0.05, 0.1) is 19.7 Å². The van der Waals surface area contributed by atoms with Gasteiger partial charge < -0.3 is 14.5 Å². The van der Waals surface area contributed by atoms with Crippen LogP contribution < -0.4 is 11.3 Å². The molecule has 1 aliphatic rings. The monoisotopic (exact) mass is 243 g/mol. The molecule has 0 atom stereocenters. The number of nitrogens with one attached hydrogen (secondary N) is 1. The van der Waals surface area contributed by atoms with Crippen LogP contribution in [0.3, 0.4) is 0 Å². The summed E-state index contributed by atoms with van der Waals surface area (Å²) in [6.07, 6.45) is 0.910. The van der Waals surface area contributed by atoms with E-state index < -0.39 is 0 Å². The fourth-order valence-corrected chi connectivity index (χ4v) is 1.65. The van der Waals surface area contributed by atoms with Crippen molar-refractivity contribution in [1.82, 2.24) is 15.2 Å². The topological polar surface area (TPSA) is 83.2 Å². The highest BCUT2D eigenvalue weighted by atomic mass is 16.5. The van der Waals surface area contributed by atoms with Crippen molar-refractivity contribution in [3.8, 4) is 0 Å². The van der Waals surface area contributed by atoms with Crippen LogP contribution >= 0.6 is 0 Å². The molecule has 1 saturated heterocycles. The first-order chi connectivity index (χ1) is 8.19. The molecule has 1 rings (SSSR count). The second kappa shape index (κ2) is 7.08. The largest absolute Gasteiger partial charge is 0.383 e. The van der Waals surface area contributed by atoms with Crippen molar-refractivity contribution < 1.29 is 9.53 Å². The van der Waals surface area contributed by atoms with Crippen molar-refractivity contribution in [2.45, 2.75) is 6.42 Å². The van der Waals surface area contributed by atoms with Crippen LogP contribution in [0.25, 0.3) is 0 Å². The second-order valence-electron chi connectivity index (χ2n) is 3.93. The maximum atomic E-state index is 11.7. The Balaban J connectivity index is 2.61. The summed E-state index contributed by atoms with van der Waals surface area (Å²) in [6.45, 7) is 2.91. The number of aliphatic imine (C=N–C) groups is 1. The van der Waals surface area contributed by atoms with E-state index in [1.807, 2.05) is 11.9 Å². The standard InChI is InChI=1S/C10H21N5O2/c1-14-5-3-6-15(8-9(14)16)10(13-11)12-4-7-17-2/h3-8,11H2,1-2H3,(H,12,13). The number of nitrogens with zero attached hydrogens (tertiary/aromatic N) is 3. The van der Waals surface area contributed by atoms with Crippen LogP contribution in [0.2, 0.25) is 0 Å². The number of rotatable bonds is 3. The van der Waals surface area contributed by atoms with Gasteiger partial charge in [-0.2, -0.15) is 0 Å². The van der Waals surface area contributed by atoms with Crippen LogP contribution in [0.15, 0.2) is 4.99 Å². The molecule has 7 heteroatoms. The Morgan fingerprint density at radius 1 is 1.59 bits per heavy atom. The first-order valence-corrected chi connectivity index (χ1v) is 5.68. The molecule has 3 N–H and O–H groups in total. The second-order valence-corrected chi connectivity index (χ2v) is 3.93. The predicted molar refractivity (Wildman–Crippen MR) is 65.3 cm³/mol. The Hall–Kier alpha value is -1.34. The van der Waals surface area contributed by atoms with Crippen LogP contribution in [-0.4, -0.2) is 68.6 Å². The molecule has 1 heterocycles. The summed E-state index contributed by atoms with van der Waals surface area (Å²) in [5, 5.41) is 0. The van der Waals surface area contributed by atoms with Gasteiger partial charge in [0.25, 0.3) is 0 Å². The number of carbonyl (C=O) groups excluding carboxylic acids is 1. The van der Waals surface area contributed by atoms with E-state index >= 15 is 0 Å². The fraction of sp³-hybridized carbons (Fsp3) is 0.800. The lowest BCUT2D eigenvalue weighted by Gasteiger charge is -2.22. The third kappa shape index (κ3) is 4.20. The number of guanidine groups is 1. The van der Waals surface area contributed by atoms with Gasteiger partial charge in [-0.3, -0.25) is 10.2 Å². The fourth-order valence-electron chi connectivity index (χ4n) is 1.65. The van der Waals surface area contributed by atoms with E-state index in [0.29, 0.717) is 25.7 Å². The smallest absolute Gasteiger partial charge is 0.241 e. The number of likely N-dealkylation sites (N-methyl/N-ethyl adjacent to an activating group) is 1. The van der Waals surface area contributed by atoms with Gasteiger partial charge in [0, 0.05) is 27.2 Å². The Bertz CT molecular complexity index is 282. The quantitative estimate of drug-likeness (QED) is 0.210. The van der Waals surface area contributed by atoms with Crippen LogP contribution in [0, 0.1) is 0 Å². The molecule has 0 aromatic rings. The summed E-state index contributed by atoms with van der Waals surface area (Å²) >= 11 is 0. The zero-order valence-electron chi connectivity index (χ0n) is 10.5. The molecule has 0 bridgehead atoms. The molecule has 0 aromatic carbocycles. The summed E-state index contributed by atoms with van der Waals surface area (Å²) in [5.41, 5.74) is 2.54. The Labute approximate surface area is 102 Å². The Kier molecular flexibility index (Phi) is 5.71. The van der Waals surface area contributed by atoms with E-state index in [-0.39, 0.29) is 5.91 Å². The summed E-state index contributed by atoms with van der Waals surface area (Å²) in [4.78, 5) is 19.6. The van der Waals surface area contributed by atoms with Crippen molar-refractivity contribution in [1.29, 1.82) is 0 Å². The number of nitrogens with two attached hydrogens (primary N) is 1. The highest BCUT2D eigenvalue weighted by molar-refractivity contribution is 5.86. The summed E-state index contributed by atoms with van der Waals surface area (Å²) in [6, 6.07) is 0. The number of ether oxygens (including phenoxy) is 1. The Morgan fingerprint density at radius 2 is 2.35 bits per heavy atom. The first kappa shape index (κ1) is 13.7. The van der Waals surface area contributed by atoms with Gasteiger partial charge in [-0.1, -0.05) is 0 Å². The predicted octanol–water partition coefficient (Wildman–Crippen LogP) is -1.38. The molecule has 17 heavy (non-hydrogen) atoms.